The summed E-state index contributed by atoms with van der Waals surface area (Å²) in [5.74, 6) is 0.848. The molecule has 1 aliphatic heterocycles. The van der Waals surface area contributed by atoms with Gasteiger partial charge in [0.1, 0.15) is 20.8 Å². The second kappa shape index (κ2) is 6.10. The summed E-state index contributed by atoms with van der Waals surface area (Å²) in [7, 11) is 0. The Kier molecular flexibility index (Phi) is 4.31. The molecule has 0 saturated carbocycles. The predicted octanol–water partition coefficient (Wildman–Crippen LogP) is 5.26. The van der Waals surface area contributed by atoms with Gasteiger partial charge in [-0.25, -0.2) is 0 Å². The van der Waals surface area contributed by atoms with Crippen LogP contribution in [0.1, 0.15) is 11.3 Å². The minimum Gasteiger partial charge on any atom is -0.457 e. The van der Waals surface area contributed by atoms with Crippen LogP contribution in [0.4, 0.5) is 13.2 Å². The zero-order valence-corrected chi connectivity index (χ0v) is 13.8. The summed E-state index contributed by atoms with van der Waals surface area (Å²) in [6.07, 6.45) is -2.68. The molecule has 1 aliphatic rings. The summed E-state index contributed by atoms with van der Waals surface area (Å²) in [5.41, 5.74) is -0.354. The maximum Gasteiger partial charge on any atom is 0.416 e. The second-order valence-electron chi connectivity index (χ2n) is 4.63. The van der Waals surface area contributed by atoms with E-state index in [2.05, 4.69) is 5.32 Å². The van der Waals surface area contributed by atoms with Gasteiger partial charge in [0.2, 0.25) is 0 Å². The van der Waals surface area contributed by atoms with Gasteiger partial charge in [-0.3, -0.25) is 0 Å². The fourth-order valence-corrected chi connectivity index (χ4v) is 3.44. The Hall–Kier alpha value is -1.64. The van der Waals surface area contributed by atoms with Crippen molar-refractivity contribution in [3.8, 4) is 11.3 Å². The smallest absolute Gasteiger partial charge is 0.416 e. The van der Waals surface area contributed by atoms with Crippen LogP contribution in [0, 0.1) is 0 Å². The maximum atomic E-state index is 12.8. The Balaban J connectivity index is 1.90. The number of alkyl halides is 3. The molecule has 2 heterocycles. The van der Waals surface area contributed by atoms with Crippen molar-refractivity contribution in [1.29, 1.82) is 0 Å². The fraction of sp³-hybridized carbons (Fsp3) is 0.0667. The van der Waals surface area contributed by atoms with Gasteiger partial charge in [0.25, 0.3) is 0 Å². The lowest BCUT2D eigenvalue weighted by molar-refractivity contribution is -0.137. The van der Waals surface area contributed by atoms with E-state index in [0.717, 1.165) is 17.0 Å². The molecule has 0 bridgehead atoms. The number of rotatable bonds is 2. The minimum absolute atomic E-state index is 0.354. The number of nitrogens with one attached hydrogen (secondary N) is 1. The van der Waals surface area contributed by atoms with Crippen molar-refractivity contribution in [2.75, 3.05) is 0 Å². The quantitative estimate of drug-likeness (QED) is 0.574. The molecule has 0 aliphatic carbocycles. The molecule has 0 atom stereocenters. The van der Waals surface area contributed by atoms with Crippen LogP contribution in [0.3, 0.4) is 0 Å². The third kappa shape index (κ3) is 3.65. The van der Waals surface area contributed by atoms with Crippen molar-refractivity contribution in [2.45, 2.75) is 6.18 Å². The largest absolute Gasteiger partial charge is 0.457 e. The van der Waals surface area contributed by atoms with E-state index < -0.39 is 11.7 Å². The Morgan fingerprint density at radius 1 is 1.13 bits per heavy atom. The summed E-state index contributed by atoms with van der Waals surface area (Å²) in [6.45, 7) is 0. The third-order valence-electron chi connectivity index (χ3n) is 3.02. The van der Waals surface area contributed by atoms with E-state index in [1.165, 1.54) is 17.8 Å². The van der Waals surface area contributed by atoms with Crippen LogP contribution >= 0.6 is 36.2 Å². The van der Waals surface area contributed by atoms with E-state index in [1.807, 2.05) is 0 Å². The van der Waals surface area contributed by atoms with Crippen molar-refractivity contribution in [1.82, 2.24) is 5.32 Å². The molecule has 1 fully saturated rings. The molecular weight excluding hydrogens is 363 g/mol. The van der Waals surface area contributed by atoms with E-state index in [4.69, 9.17) is 28.9 Å². The summed E-state index contributed by atoms with van der Waals surface area (Å²) in [5, 5.41) is 2.84. The lowest BCUT2D eigenvalue weighted by atomic mass is 10.1. The third-order valence-corrected chi connectivity index (χ3v) is 4.65. The monoisotopic (exact) mass is 371 g/mol. The van der Waals surface area contributed by atoms with E-state index in [9.17, 15) is 13.2 Å². The summed E-state index contributed by atoms with van der Waals surface area (Å²) >= 11 is 11.4. The van der Waals surface area contributed by atoms with Crippen LogP contribution in [0.5, 0.6) is 0 Å². The summed E-state index contributed by atoms with van der Waals surface area (Å²) < 4.78 is 44.4. The Labute approximate surface area is 144 Å². The average Bonchev–Trinajstić information content (AvgIpc) is 3.06. The molecule has 0 amide bonds. The SMILES string of the molecule is FC(F)(F)c1cccc(-c2ccc(/C=C3/SC(=S)NC3=S)o2)c1. The first-order chi connectivity index (χ1) is 10.8. The first-order valence-corrected chi connectivity index (χ1v) is 7.98. The van der Waals surface area contributed by atoms with Crippen LogP contribution in [0.2, 0.25) is 0 Å². The average molecular weight is 371 g/mol. The highest BCUT2D eigenvalue weighted by atomic mass is 32.2. The Bertz CT molecular complexity index is 823. The number of hydrogen-bond donors (Lipinski definition) is 1. The van der Waals surface area contributed by atoms with Crippen LogP contribution in [0.25, 0.3) is 17.4 Å². The molecule has 1 aromatic carbocycles. The van der Waals surface area contributed by atoms with Crippen molar-refractivity contribution in [2.24, 2.45) is 0 Å². The number of furan rings is 1. The number of thiocarbonyl (C=S) groups is 2. The first kappa shape index (κ1) is 16.2. The molecular formula is C15H8F3NOS3. The second-order valence-corrected chi connectivity index (χ2v) is 6.76. The molecule has 2 nitrogen and oxygen atoms in total. The van der Waals surface area contributed by atoms with Crippen molar-refractivity contribution in [3.05, 3.63) is 52.6 Å². The molecule has 1 N–H and O–H groups in total. The minimum atomic E-state index is -4.39. The number of benzene rings is 1. The molecule has 1 aromatic heterocycles. The Morgan fingerprint density at radius 2 is 1.91 bits per heavy atom. The van der Waals surface area contributed by atoms with Gasteiger partial charge in [-0.15, -0.1) is 0 Å². The van der Waals surface area contributed by atoms with Gasteiger partial charge in [0, 0.05) is 5.56 Å². The fourth-order valence-electron chi connectivity index (χ4n) is 1.98. The highest BCUT2D eigenvalue weighted by Gasteiger charge is 2.30. The predicted molar refractivity (Wildman–Crippen MR) is 93.0 cm³/mol. The molecule has 2 aromatic rings. The molecule has 0 spiro atoms. The Morgan fingerprint density at radius 3 is 2.57 bits per heavy atom. The topological polar surface area (TPSA) is 25.2 Å². The maximum absolute atomic E-state index is 12.8. The molecule has 0 unspecified atom stereocenters. The van der Waals surface area contributed by atoms with Gasteiger partial charge in [-0.2, -0.15) is 13.2 Å². The summed E-state index contributed by atoms with van der Waals surface area (Å²) in [6, 6.07) is 8.29. The highest BCUT2D eigenvalue weighted by Crippen LogP contribution is 2.33. The van der Waals surface area contributed by atoms with Crippen LogP contribution in [0.15, 0.2) is 45.7 Å². The standard InChI is InChI=1S/C15H8F3NOS3/c16-15(17,18)9-3-1-2-8(6-9)11-5-4-10(20-11)7-12-13(21)19-14(22)23-12/h1-7H,(H,19,21,22)/b12-7+. The van der Waals surface area contributed by atoms with Gasteiger partial charge in [0.15, 0.2) is 0 Å². The molecule has 118 valence electrons. The lowest BCUT2D eigenvalue weighted by Crippen LogP contribution is -2.15. The molecule has 23 heavy (non-hydrogen) atoms. The lowest BCUT2D eigenvalue weighted by Gasteiger charge is -2.07. The van der Waals surface area contributed by atoms with Crippen molar-refractivity contribution in [3.63, 3.8) is 0 Å². The number of hydrogen-bond acceptors (Lipinski definition) is 4. The highest BCUT2D eigenvalue weighted by molar-refractivity contribution is 8.27. The zero-order valence-electron chi connectivity index (χ0n) is 11.3. The first-order valence-electron chi connectivity index (χ1n) is 6.35. The molecule has 1 saturated heterocycles. The van der Waals surface area contributed by atoms with Gasteiger partial charge >= 0.3 is 6.18 Å². The van der Waals surface area contributed by atoms with Gasteiger partial charge < -0.3 is 9.73 Å². The van der Waals surface area contributed by atoms with Crippen LogP contribution in [-0.2, 0) is 6.18 Å². The van der Waals surface area contributed by atoms with E-state index in [1.54, 1.807) is 24.3 Å². The van der Waals surface area contributed by atoms with Crippen LogP contribution < -0.4 is 5.32 Å². The van der Waals surface area contributed by atoms with Crippen LogP contribution in [-0.4, -0.2) is 9.31 Å². The van der Waals surface area contributed by atoms with Gasteiger partial charge in [-0.1, -0.05) is 48.3 Å². The van der Waals surface area contributed by atoms with Gasteiger partial charge in [-0.05, 0) is 30.3 Å². The zero-order chi connectivity index (χ0) is 16.6. The molecule has 3 rings (SSSR count). The number of halogens is 3. The van der Waals surface area contributed by atoms with E-state index >= 15 is 0 Å². The normalized spacial score (nSPS) is 16.9. The van der Waals surface area contributed by atoms with E-state index in [0.29, 0.717) is 26.4 Å². The number of thioether (sulfide) groups is 1. The van der Waals surface area contributed by atoms with Gasteiger partial charge in [0.05, 0.1) is 10.5 Å². The van der Waals surface area contributed by atoms with Crippen molar-refractivity contribution < 1.29 is 17.6 Å². The molecule has 8 heteroatoms. The molecule has 0 radical (unpaired) electrons. The summed E-state index contributed by atoms with van der Waals surface area (Å²) in [4.78, 5) is 1.26. The van der Waals surface area contributed by atoms with Crippen molar-refractivity contribution >= 4 is 51.6 Å². The van der Waals surface area contributed by atoms with E-state index in [-0.39, 0.29) is 0 Å².